The molecule has 0 saturated carbocycles. The van der Waals surface area contributed by atoms with Gasteiger partial charge in [-0.15, -0.1) is 0 Å². The predicted molar refractivity (Wildman–Crippen MR) is 64.5 cm³/mol. The highest BCUT2D eigenvalue weighted by Crippen LogP contribution is 2.21. The second-order valence-electron chi connectivity index (χ2n) is 3.56. The van der Waals surface area contributed by atoms with Crippen LogP contribution in [0, 0.1) is 0 Å². The lowest BCUT2D eigenvalue weighted by Gasteiger charge is -2.13. The molecule has 1 aromatic carbocycles. The van der Waals surface area contributed by atoms with E-state index in [4.69, 9.17) is 0 Å². The molecule has 0 fully saturated rings. The summed E-state index contributed by atoms with van der Waals surface area (Å²) in [7, 11) is -3.95. The molecule has 1 unspecified atom stereocenters. The SMILES string of the molecule is CCOC(=O)C(C)NS(=O)(=O)c1ccccc1O. The number of benzene rings is 1. The molecule has 0 aliphatic carbocycles. The van der Waals surface area contributed by atoms with Crippen molar-refractivity contribution >= 4 is 16.0 Å². The first-order chi connectivity index (χ1) is 8.38. The molecule has 0 aliphatic heterocycles. The second kappa shape index (κ2) is 5.83. The van der Waals surface area contributed by atoms with Gasteiger partial charge in [0.2, 0.25) is 10.0 Å². The Kier molecular flexibility index (Phi) is 4.69. The Bertz CT molecular complexity index is 526. The average Bonchev–Trinajstić information content (AvgIpc) is 2.29. The van der Waals surface area contributed by atoms with E-state index >= 15 is 0 Å². The van der Waals surface area contributed by atoms with Gasteiger partial charge in [-0.3, -0.25) is 4.79 Å². The van der Waals surface area contributed by atoms with Crippen LogP contribution in [0.4, 0.5) is 0 Å². The summed E-state index contributed by atoms with van der Waals surface area (Å²) in [5.74, 6) is -1.04. The van der Waals surface area contributed by atoms with E-state index in [1.807, 2.05) is 0 Å². The maximum atomic E-state index is 11.9. The van der Waals surface area contributed by atoms with Crippen molar-refractivity contribution in [2.24, 2.45) is 0 Å². The minimum Gasteiger partial charge on any atom is -0.507 e. The Labute approximate surface area is 106 Å². The van der Waals surface area contributed by atoms with E-state index < -0.39 is 22.0 Å². The average molecular weight is 273 g/mol. The number of aromatic hydroxyl groups is 1. The van der Waals surface area contributed by atoms with Gasteiger partial charge in [0.25, 0.3) is 0 Å². The number of hydrogen-bond donors (Lipinski definition) is 2. The van der Waals surface area contributed by atoms with Crippen molar-refractivity contribution in [3.63, 3.8) is 0 Å². The van der Waals surface area contributed by atoms with Gasteiger partial charge in [0, 0.05) is 0 Å². The Morgan fingerprint density at radius 3 is 2.61 bits per heavy atom. The molecule has 0 bridgehead atoms. The maximum Gasteiger partial charge on any atom is 0.323 e. The van der Waals surface area contributed by atoms with Gasteiger partial charge in [-0.05, 0) is 26.0 Å². The van der Waals surface area contributed by atoms with Crippen LogP contribution in [0.2, 0.25) is 0 Å². The topological polar surface area (TPSA) is 92.7 Å². The molecule has 0 spiro atoms. The summed E-state index contributed by atoms with van der Waals surface area (Å²) >= 11 is 0. The van der Waals surface area contributed by atoms with Crippen LogP contribution < -0.4 is 4.72 Å². The lowest BCUT2D eigenvalue weighted by molar-refractivity contribution is -0.144. The molecule has 1 atom stereocenters. The number of hydrogen-bond acceptors (Lipinski definition) is 5. The number of ether oxygens (including phenoxy) is 1. The molecular formula is C11H15NO5S. The fourth-order valence-corrected chi connectivity index (χ4v) is 2.59. The van der Waals surface area contributed by atoms with Gasteiger partial charge < -0.3 is 9.84 Å². The summed E-state index contributed by atoms with van der Waals surface area (Å²) in [6.07, 6.45) is 0. The number of sulfonamides is 1. The van der Waals surface area contributed by atoms with Gasteiger partial charge in [0.15, 0.2) is 0 Å². The van der Waals surface area contributed by atoms with Crippen LogP contribution in [0.5, 0.6) is 5.75 Å². The predicted octanol–water partition coefficient (Wildman–Crippen LogP) is 0.622. The summed E-state index contributed by atoms with van der Waals surface area (Å²) in [4.78, 5) is 11.0. The maximum absolute atomic E-state index is 11.9. The van der Waals surface area contributed by atoms with Crippen LogP contribution in [-0.2, 0) is 19.6 Å². The molecule has 0 aromatic heterocycles. The van der Waals surface area contributed by atoms with Crippen molar-refractivity contribution in [3.05, 3.63) is 24.3 Å². The van der Waals surface area contributed by atoms with E-state index in [2.05, 4.69) is 9.46 Å². The van der Waals surface area contributed by atoms with Crippen LogP contribution in [0.25, 0.3) is 0 Å². The quantitative estimate of drug-likeness (QED) is 0.767. The van der Waals surface area contributed by atoms with Crippen LogP contribution >= 0.6 is 0 Å². The zero-order chi connectivity index (χ0) is 13.8. The van der Waals surface area contributed by atoms with Crippen LogP contribution in [0.1, 0.15) is 13.8 Å². The number of phenolic OH excluding ortho intramolecular Hbond substituents is 1. The van der Waals surface area contributed by atoms with Gasteiger partial charge in [-0.25, -0.2) is 8.42 Å². The van der Waals surface area contributed by atoms with Crippen LogP contribution in [0.15, 0.2) is 29.2 Å². The number of carbonyl (C=O) groups is 1. The molecule has 6 nitrogen and oxygen atoms in total. The molecule has 0 saturated heterocycles. The molecule has 1 aromatic rings. The highest BCUT2D eigenvalue weighted by Gasteiger charge is 2.24. The molecule has 0 radical (unpaired) electrons. The van der Waals surface area contributed by atoms with Crippen LogP contribution in [-0.4, -0.2) is 32.1 Å². The molecule has 0 aliphatic rings. The second-order valence-corrected chi connectivity index (χ2v) is 5.25. The monoisotopic (exact) mass is 273 g/mol. The van der Waals surface area contributed by atoms with Gasteiger partial charge in [-0.2, -0.15) is 4.72 Å². The fourth-order valence-electron chi connectivity index (χ4n) is 1.30. The van der Waals surface area contributed by atoms with Gasteiger partial charge in [-0.1, -0.05) is 12.1 Å². The number of nitrogens with one attached hydrogen (secondary N) is 1. The third kappa shape index (κ3) is 3.44. The fraction of sp³-hybridized carbons (Fsp3) is 0.364. The molecule has 0 amide bonds. The standard InChI is InChI=1S/C11H15NO5S/c1-3-17-11(14)8(2)12-18(15,16)10-7-5-4-6-9(10)13/h4-8,12-13H,3H2,1-2H3. The number of phenols is 1. The highest BCUT2D eigenvalue weighted by atomic mass is 32.2. The minimum absolute atomic E-state index is 0.168. The summed E-state index contributed by atoms with van der Waals surface area (Å²) in [6, 6.07) is 4.46. The highest BCUT2D eigenvalue weighted by molar-refractivity contribution is 7.89. The molecular weight excluding hydrogens is 258 g/mol. The Morgan fingerprint density at radius 1 is 1.44 bits per heavy atom. The Balaban J connectivity index is 2.90. The van der Waals surface area contributed by atoms with E-state index in [1.54, 1.807) is 6.92 Å². The van der Waals surface area contributed by atoms with E-state index in [-0.39, 0.29) is 17.3 Å². The van der Waals surface area contributed by atoms with Crippen molar-refractivity contribution in [1.29, 1.82) is 0 Å². The molecule has 7 heteroatoms. The van der Waals surface area contributed by atoms with E-state index in [0.717, 1.165) is 0 Å². The zero-order valence-corrected chi connectivity index (χ0v) is 10.9. The summed E-state index contributed by atoms with van der Waals surface area (Å²) in [5.41, 5.74) is 0. The van der Waals surface area contributed by atoms with Gasteiger partial charge in [0.1, 0.15) is 16.7 Å². The normalized spacial score (nSPS) is 13.0. The third-order valence-electron chi connectivity index (χ3n) is 2.13. The van der Waals surface area contributed by atoms with Crippen molar-refractivity contribution in [2.45, 2.75) is 24.8 Å². The van der Waals surface area contributed by atoms with Crippen molar-refractivity contribution in [2.75, 3.05) is 6.61 Å². The number of carbonyl (C=O) groups excluding carboxylic acids is 1. The molecule has 0 heterocycles. The summed E-state index contributed by atoms with van der Waals surface area (Å²) in [6.45, 7) is 3.17. The van der Waals surface area contributed by atoms with E-state index in [9.17, 15) is 18.3 Å². The smallest absolute Gasteiger partial charge is 0.323 e. The molecule has 2 N–H and O–H groups in total. The van der Waals surface area contributed by atoms with E-state index in [1.165, 1.54) is 31.2 Å². The number of esters is 1. The first kappa shape index (κ1) is 14.5. The number of para-hydroxylation sites is 1. The third-order valence-corrected chi connectivity index (χ3v) is 3.71. The molecule has 18 heavy (non-hydrogen) atoms. The first-order valence-electron chi connectivity index (χ1n) is 5.35. The zero-order valence-electron chi connectivity index (χ0n) is 10.1. The molecule has 100 valence electrons. The lowest BCUT2D eigenvalue weighted by Crippen LogP contribution is -2.39. The van der Waals surface area contributed by atoms with E-state index in [0.29, 0.717) is 0 Å². The Morgan fingerprint density at radius 2 is 2.06 bits per heavy atom. The van der Waals surface area contributed by atoms with Crippen LogP contribution in [0.3, 0.4) is 0 Å². The summed E-state index contributed by atoms with van der Waals surface area (Å²) < 4.78 is 30.6. The van der Waals surface area contributed by atoms with Gasteiger partial charge >= 0.3 is 5.97 Å². The van der Waals surface area contributed by atoms with Gasteiger partial charge in [0.05, 0.1) is 6.61 Å². The van der Waals surface area contributed by atoms with Crippen molar-refractivity contribution in [3.8, 4) is 5.75 Å². The number of rotatable bonds is 5. The summed E-state index contributed by atoms with van der Waals surface area (Å²) in [5, 5.41) is 9.47. The minimum atomic E-state index is -3.95. The molecule has 1 rings (SSSR count). The first-order valence-corrected chi connectivity index (χ1v) is 6.83. The van der Waals surface area contributed by atoms with Crippen molar-refractivity contribution in [1.82, 2.24) is 4.72 Å². The Hall–Kier alpha value is -1.60. The largest absolute Gasteiger partial charge is 0.507 e. The lowest BCUT2D eigenvalue weighted by atomic mass is 10.3. The van der Waals surface area contributed by atoms with Crippen molar-refractivity contribution < 1.29 is 23.1 Å².